The highest BCUT2D eigenvalue weighted by atomic mass is 19.1. The molecule has 36 heavy (non-hydrogen) atoms. The Hall–Kier alpha value is -4.39. The van der Waals surface area contributed by atoms with Crippen molar-refractivity contribution in [2.75, 3.05) is 21.3 Å². The van der Waals surface area contributed by atoms with E-state index in [9.17, 15) is 13.6 Å². The van der Waals surface area contributed by atoms with Gasteiger partial charge in [0.25, 0.3) is 0 Å². The van der Waals surface area contributed by atoms with Gasteiger partial charge in [0.05, 0.1) is 26.9 Å². The fraction of sp³-hybridized carbons (Fsp3) is 0.138. The predicted molar refractivity (Wildman–Crippen MR) is 132 cm³/mol. The zero-order chi connectivity index (χ0) is 25.7. The summed E-state index contributed by atoms with van der Waals surface area (Å²) < 4.78 is 48.9. The van der Waals surface area contributed by atoms with Crippen LogP contribution >= 0.6 is 0 Å². The Morgan fingerprint density at radius 1 is 0.667 bits per heavy atom. The number of methoxy groups -OCH3 is 3. The van der Waals surface area contributed by atoms with E-state index in [2.05, 4.69) is 0 Å². The van der Waals surface area contributed by atoms with Crippen LogP contribution in [0.2, 0.25) is 0 Å². The SMILES string of the molecule is COc1c(Cc2ccc(F)cc2)cc(C(=O)c2ccc(Oc3ccc(F)cc3)cc2)c(OC)c1OC. The summed E-state index contributed by atoms with van der Waals surface area (Å²) in [6, 6.07) is 20.0. The number of ketones is 1. The Morgan fingerprint density at radius 2 is 1.17 bits per heavy atom. The van der Waals surface area contributed by atoms with Gasteiger partial charge in [-0.25, -0.2) is 8.78 Å². The van der Waals surface area contributed by atoms with Gasteiger partial charge in [0.15, 0.2) is 17.3 Å². The Morgan fingerprint density at radius 3 is 1.69 bits per heavy atom. The minimum atomic E-state index is -0.356. The van der Waals surface area contributed by atoms with E-state index in [0.29, 0.717) is 46.1 Å². The first-order valence-corrected chi connectivity index (χ1v) is 11.1. The van der Waals surface area contributed by atoms with Gasteiger partial charge in [0.2, 0.25) is 5.75 Å². The number of halogens is 2. The molecule has 0 heterocycles. The molecule has 4 rings (SSSR count). The summed E-state index contributed by atoms with van der Waals surface area (Å²) in [5.41, 5.74) is 2.21. The molecule has 0 atom stereocenters. The summed E-state index contributed by atoms with van der Waals surface area (Å²) in [5, 5.41) is 0. The lowest BCUT2D eigenvalue weighted by Gasteiger charge is -2.19. The molecule has 0 amide bonds. The summed E-state index contributed by atoms with van der Waals surface area (Å²) in [6.45, 7) is 0. The minimum Gasteiger partial charge on any atom is -0.492 e. The smallest absolute Gasteiger partial charge is 0.204 e. The van der Waals surface area contributed by atoms with Crippen molar-refractivity contribution < 1.29 is 32.5 Å². The van der Waals surface area contributed by atoms with Crippen molar-refractivity contribution in [1.82, 2.24) is 0 Å². The molecule has 0 spiro atoms. The predicted octanol–water partition coefficient (Wildman–Crippen LogP) is 6.60. The molecule has 0 aromatic heterocycles. The van der Waals surface area contributed by atoms with Crippen LogP contribution in [0.25, 0.3) is 0 Å². The van der Waals surface area contributed by atoms with E-state index < -0.39 is 0 Å². The summed E-state index contributed by atoms with van der Waals surface area (Å²) in [7, 11) is 4.43. The molecular formula is C29H24F2O5. The van der Waals surface area contributed by atoms with E-state index in [1.54, 1.807) is 42.5 Å². The molecule has 0 bridgehead atoms. The van der Waals surface area contributed by atoms with E-state index in [-0.39, 0.29) is 23.2 Å². The van der Waals surface area contributed by atoms with E-state index in [1.807, 2.05) is 0 Å². The largest absolute Gasteiger partial charge is 0.492 e. The van der Waals surface area contributed by atoms with Gasteiger partial charge in [-0.05, 0) is 72.3 Å². The van der Waals surface area contributed by atoms with E-state index in [0.717, 1.165) is 5.56 Å². The molecule has 0 saturated carbocycles. The molecule has 0 N–H and O–H groups in total. The zero-order valence-corrected chi connectivity index (χ0v) is 20.0. The minimum absolute atomic E-state index is 0.244. The van der Waals surface area contributed by atoms with Crippen LogP contribution in [0.3, 0.4) is 0 Å². The Balaban J connectivity index is 1.68. The van der Waals surface area contributed by atoms with Crippen molar-refractivity contribution in [1.29, 1.82) is 0 Å². The lowest BCUT2D eigenvalue weighted by Crippen LogP contribution is -2.09. The van der Waals surface area contributed by atoms with Crippen molar-refractivity contribution in [2.24, 2.45) is 0 Å². The van der Waals surface area contributed by atoms with Crippen molar-refractivity contribution in [3.63, 3.8) is 0 Å². The molecule has 4 aromatic rings. The van der Waals surface area contributed by atoms with Gasteiger partial charge >= 0.3 is 0 Å². The Labute approximate surface area is 207 Å². The van der Waals surface area contributed by atoms with Gasteiger partial charge in [-0.15, -0.1) is 0 Å². The number of hydrogen-bond acceptors (Lipinski definition) is 5. The fourth-order valence-corrected chi connectivity index (χ4v) is 3.88. The third kappa shape index (κ3) is 5.30. The summed E-state index contributed by atoms with van der Waals surface area (Å²) >= 11 is 0. The van der Waals surface area contributed by atoms with Crippen molar-refractivity contribution >= 4 is 5.78 Å². The first kappa shape index (κ1) is 24.7. The second-order valence-electron chi connectivity index (χ2n) is 7.90. The average Bonchev–Trinajstić information content (AvgIpc) is 2.90. The van der Waals surface area contributed by atoms with E-state index in [1.165, 1.54) is 57.7 Å². The molecule has 0 radical (unpaired) electrons. The second-order valence-corrected chi connectivity index (χ2v) is 7.90. The first-order valence-electron chi connectivity index (χ1n) is 11.1. The van der Waals surface area contributed by atoms with Crippen LogP contribution in [-0.2, 0) is 6.42 Å². The highest BCUT2D eigenvalue weighted by molar-refractivity contribution is 6.11. The van der Waals surface area contributed by atoms with Crippen LogP contribution in [0.15, 0.2) is 78.9 Å². The normalized spacial score (nSPS) is 10.6. The maximum absolute atomic E-state index is 13.5. The molecule has 0 fully saturated rings. The van der Waals surface area contributed by atoms with Crippen LogP contribution in [-0.4, -0.2) is 27.1 Å². The molecule has 7 heteroatoms. The third-order valence-corrected chi connectivity index (χ3v) is 5.60. The maximum atomic E-state index is 13.5. The van der Waals surface area contributed by atoms with Crippen molar-refractivity contribution in [3.8, 4) is 28.7 Å². The molecule has 0 aliphatic rings. The van der Waals surface area contributed by atoms with Gasteiger partial charge in [0, 0.05) is 17.5 Å². The molecule has 0 aliphatic carbocycles. The van der Waals surface area contributed by atoms with Crippen LogP contribution in [0.1, 0.15) is 27.0 Å². The summed E-state index contributed by atoms with van der Waals surface area (Å²) in [4.78, 5) is 13.5. The number of rotatable bonds is 9. The average molecular weight is 491 g/mol. The van der Waals surface area contributed by atoms with E-state index >= 15 is 0 Å². The number of ether oxygens (including phenoxy) is 4. The number of benzene rings is 4. The standard InChI is InChI=1S/C29H24F2O5/c1-33-27-20(16-18-4-8-21(30)9-5-18)17-25(28(34-2)29(27)35-3)26(32)19-6-12-23(13-7-19)36-24-14-10-22(31)11-15-24/h4-15,17H,16H2,1-3H3. The molecule has 0 aliphatic heterocycles. The highest BCUT2D eigenvalue weighted by Crippen LogP contribution is 2.44. The number of hydrogen-bond donors (Lipinski definition) is 0. The quantitative estimate of drug-likeness (QED) is 0.247. The lowest BCUT2D eigenvalue weighted by molar-refractivity contribution is 0.103. The molecule has 184 valence electrons. The Bertz CT molecular complexity index is 1350. The number of carbonyl (C=O) groups excluding carboxylic acids is 1. The first-order chi connectivity index (χ1) is 17.4. The van der Waals surface area contributed by atoms with E-state index in [4.69, 9.17) is 18.9 Å². The van der Waals surface area contributed by atoms with Gasteiger partial charge in [-0.3, -0.25) is 4.79 Å². The third-order valence-electron chi connectivity index (χ3n) is 5.60. The monoisotopic (exact) mass is 490 g/mol. The van der Waals surface area contributed by atoms with Gasteiger partial charge in [-0.2, -0.15) is 0 Å². The molecule has 0 saturated heterocycles. The Kier molecular flexibility index (Phi) is 7.49. The van der Waals surface area contributed by atoms with Crippen LogP contribution < -0.4 is 18.9 Å². The van der Waals surface area contributed by atoms with Crippen molar-refractivity contribution in [3.05, 3.63) is 113 Å². The van der Waals surface area contributed by atoms with Gasteiger partial charge in [-0.1, -0.05) is 12.1 Å². The molecular weight excluding hydrogens is 466 g/mol. The highest BCUT2D eigenvalue weighted by Gasteiger charge is 2.25. The topological polar surface area (TPSA) is 54.0 Å². The van der Waals surface area contributed by atoms with Crippen LogP contribution in [0, 0.1) is 11.6 Å². The van der Waals surface area contributed by atoms with Gasteiger partial charge < -0.3 is 18.9 Å². The molecule has 0 unspecified atom stereocenters. The maximum Gasteiger partial charge on any atom is 0.204 e. The number of carbonyl (C=O) groups is 1. The van der Waals surface area contributed by atoms with Gasteiger partial charge in [0.1, 0.15) is 23.1 Å². The summed E-state index contributed by atoms with van der Waals surface area (Å²) in [5.74, 6) is 0.955. The molecule has 5 nitrogen and oxygen atoms in total. The molecule has 4 aromatic carbocycles. The lowest BCUT2D eigenvalue weighted by atomic mass is 9.95. The summed E-state index contributed by atoms with van der Waals surface area (Å²) in [6.07, 6.45) is 0.383. The van der Waals surface area contributed by atoms with Crippen LogP contribution in [0.4, 0.5) is 8.78 Å². The zero-order valence-electron chi connectivity index (χ0n) is 20.0. The van der Waals surface area contributed by atoms with Crippen LogP contribution in [0.5, 0.6) is 28.7 Å². The van der Waals surface area contributed by atoms with Crippen molar-refractivity contribution in [2.45, 2.75) is 6.42 Å². The second kappa shape index (κ2) is 10.9. The fourth-order valence-electron chi connectivity index (χ4n) is 3.88.